The Morgan fingerprint density at radius 3 is 2.43 bits per heavy atom. The Kier molecular flexibility index (Phi) is 5.28. The van der Waals surface area contributed by atoms with Crippen molar-refractivity contribution in [1.29, 1.82) is 5.26 Å². The maximum atomic E-state index is 13.1. The summed E-state index contributed by atoms with van der Waals surface area (Å²) in [6, 6.07) is 15.7. The fourth-order valence-electron chi connectivity index (χ4n) is 4.44. The van der Waals surface area contributed by atoms with Crippen LogP contribution >= 0.6 is 11.6 Å². The standard InChI is InChI=1S/C23H23ClN2O2/c1-2-15-3-5-16(6-4-15)23(27)26-18-8-9-19(26)12-21(11-18)28-20-10-7-17(14-25)22(24)13-20/h3-7,10,13,18-19,21H,2,8-9,11-12H2,1H3. The average Bonchev–Trinajstić information content (AvgIpc) is 2.98. The third-order valence-electron chi connectivity index (χ3n) is 5.90. The molecule has 2 atom stereocenters. The molecule has 4 nitrogen and oxygen atoms in total. The summed E-state index contributed by atoms with van der Waals surface area (Å²) < 4.78 is 6.15. The van der Waals surface area contributed by atoms with Crippen molar-refractivity contribution < 1.29 is 9.53 Å². The maximum absolute atomic E-state index is 13.1. The van der Waals surface area contributed by atoms with Crippen molar-refractivity contribution in [2.45, 2.75) is 57.2 Å². The van der Waals surface area contributed by atoms with E-state index in [0.29, 0.717) is 16.3 Å². The second kappa shape index (κ2) is 7.85. The number of benzene rings is 2. The predicted molar refractivity (Wildman–Crippen MR) is 109 cm³/mol. The van der Waals surface area contributed by atoms with Gasteiger partial charge >= 0.3 is 0 Å². The van der Waals surface area contributed by atoms with E-state index in [-0.39, 0.29) is 24.1 Å². The number of halogens is 1. The molecule has 2 bridgehead atoms. The molecular weight excluding hydrogens is 372 g/mol. The van der Waals surface area contributed by atoms with Gasteiger partial charge in [0.05, 0.1) is 10.6 Å². The van der Waals surface area contributed by atoms with Crippen LogP contribution in [-0.2, 0) is 6.42 Å². The van der Waals surface area contributed by atoms with Crippen LogP contribution in [0.5, 0.6) is 5.75 Å². The van der Waals surface area contributed by atoms with Crippen molar-refractivity contribution in [3.8, 4) is 11.8 Å². The number of aryl methyl sites for hydroxylation is 1. The van der Waals surface area contributed by atoms with Crippen LogP contribution in [-0.4, -0.2) is 29.0 Å². The lowest BCUT2D eigenvalue weighted by Crippen LogP contribution is -2.49. The molecule has 0 N–H and O–H groups in total. The molecule has 5 heteroatoms. The number of ether oxygens (including phenoxy) is 1. The lowest BCUT2D eigenvalue weighted by atomic mass is 9.98. The molecule has 2 aromatic carbocycles. The highest BCUT2D eigenvalue weighted by Gasteiger charge is 2.44. The van der Waals surface area contributed by atoms with Crippen molar-refractivity contribution in [2.24, 2.45) is 0 Å². The Hall–Kier alpha value is -2.51. The molecular formula is C23H23ClN2O2. The number of piperidine rings is 1. The number of rotatable bonds is 4. The lowest BCUT2D eigenvalue weighted by molar-refractivity contribution is 0.0359. The first-order chi connectivity index (χ1) is 13.6. The van der Waals surface area contributed by atoms with Gasteiger partial charge in [-0.15, -0.1) is 0 Å². The molecule has 0 saturated carbocycles. The van der Waals surface area contributed by atoms with Crippen LogP contribution in [0.25, 0.3) is 0 Å². The van der Waals surface area contributed by atoms with Crippen LogP contribution in [0.2, 0.25) is 5.02 Å². The number of fused-ring (bicyclic) bond motifs is 2. The first-order valence-corrected chi connectivity index (χ1v) is 10.2. The van der Waals surface area contributed by atoms with Gasteiger partial charge in [0, 0.05) is 36.6 Å². The fraction of sp³-hybridized carbons (Fsp3) is 0.391. The zero-order valence-electron chi connectivity index (χ0n) is 15.9. The average molecular weight is 395 g/mol. The molecule has 2 heterocycles. The molecule has 2 aromatic rings. The first-order valence-electron chi connectivity index (χ1n) is 9.87. The van der Waals surface area contributed by atoms with Crippen molar-refractivity contribution in [1.82, 2.24) is 4.90 Å². The summed E-state index contributed by atoms with van der Waals surface area (Å²) in [6.07, 6.45) is 4.74. The molecule has 1 amide bonds. The molecule has 4 rings (SSSR count). The normalized spacial score (nSPS) is 23.3. The number of carbonyl (C=O) groups is 1. The summed E-state index contributed by atoms with van der Waals surface area (Å²) in [4.78, 5) is 15.2. The minimum absolute atomic E-state index is 0.0630. The van der Waals surface area contributed by atoms with Crippen molar-refractivity contribution in [3.63, 3.8) is 0 Å². The van der Waals surface area contributed by atoms with E-state index in [2.05, 4.69) is 17.9 Å². The van der Waals surface area contributed by atoms with E-state index in [1.54, 1.807) is 18.2 Å². The van der Waals surface area contributed by atoms with E-state index in [1.807, 2.05) is 24.3 Å². The molecule has 2 saturated heterocycles. The molecule has 0 radical (unpaired) electrons. The van der Waals surface area contributed by atoms with E-state index in [4.69, 9.17) is 21.6 Å². The third-order valence-corrected chi connectivity index (χ3v) is 6.21. The van der Waals surface area contributed by atoms with Gasteiger partial charge in [-0.05, 0) is 49.1 Å². The number of hydrogen-bond acceptors (Lipinski definition) is 3. The van der Waals surface area contributed by atoms with E-state index >= 15 is 0 Å². The Balaban J connectivity index is 1.44. The van der Waals surface area contributed by atoms with Gasteiger partial charge < -0.3 is 9.64 Å². The molecule has 2 aliphatic rings. The Labute approximate surface area is 170 Å². The molecule has 2 aliphatic heterocycles. The number of carbonyl (C=O) groups excluding carboxylic acids is 1. The van der Waals surface area contributed by atoms with Gasteiger partial charge in [0.1, 0.15) is 17.9 Å². The highest BCUT2D eigenvalue weighted by molar-refractivity contribution is 6.31. The van der Waals surface area contributed by atoms with Gasteiger partial charge in [-0.2, -0.15) is 5.26 Å². The molecule has 28 heavy (non-hydrogen) atoms. The molecule has 0 aromatic heterocycles. The van der Waals surface area contributed by atoms with E-state index in [0.717, 1.165) is 37.7 Å². The quantitative estimate of drug-likeness (QED) is 0.734. The van der Waals surface area contributed by atoms with Crippen LogP contribution in [0.1, 0.15) is 54.1 Å². The topological polar surface area (TPSA) is 53.3 Å². The molecule has 0 spiro atoms. The molecule has 144 valence electrons. The molecule has 0 aliphatic carbocycles. The monoisotopic (exact) mass is 394 g/mol. The van der Waals surface area contributed by atoms with Gasteiger partial charge in [0.2, 0.25) is 0 Å². The first kappa shape index (κ1) is 18.8. The Morgan fingerprint density at radius 1 is 1.18 bits per heavy atom. The van der Waals surface area contributed by atoms with Crippen LogP contribution in [0.4, 0.5) is 0 Å². The lowest BCUT2D eigenvalue weighted by Gasteiger charge is -2.39. The van der Waals surface area contributed by atoms with Gasteiger partial charge in [-0.1, -0.05) is 30.7 Å². The highest BCUT2D eigenvalue weighted by Crippen LogP contribution is 2.38. The second-order valence-corrected chi connectivity index (χ2v) is 8.02. The summed E-state index contributed by atoms with van der Waals surface area (Å²) in [5, 5.41) is 9.41. The predicted octanol–water partition coefficient (Wildman–Crippen LogP) is 4.99. The van der Waals surface area contributed by atoms with Crippen LogP contribution in [0.15, 0.2) is 42.5 Å². The highest BCUT2D eigenvalue weighted by atomic mass is 35.5. The van der Waals surface area contributed by atoms with Gasteiger partial charge in [-0.3, -0.25) is 4.79 Å². The summed E-state index contributed by atoms with van der Waals surface area (Å²) in [5.74, 6) is 0.818. The van der Waals surface area contributed by atoms with E-state index in [9.17, 15) is 4.79 Å². The molecule has 2 unspecified atom stereocenters. The summed E-state index contributed by atoms with van der Waals surface area (Å²) in [7, 11) is 0. The zero-order valence-corrected chi connectivity index (χ0v) is 16.7. The summed E-state index contributed by atoms with van der Waals surface area (Å²) in [6.45, 7) is 2.11. The van der Waals surface area contributed by atoms with Crippen LogP contribution in [0.3, 0.4) is 0 Å². The van der Waals surface area contributed by atoms with Crippen molar-refractivity contribution in [2.75, 3.05) is 0 Å². The van der Waals surface area contributed by atoms with Crippen LogP contribution < -0.4 is 4.74 Å². The third kappa shape index (κ3) is 3.59. The fourth-order valence-corrected chi connectivity index (χ4v) is 4.65. The molecule has 2 fully saturated rings. The minimum Gasteiger partial charge on any atom is -0.490 e. The number of amides is 1. The minimum atomic E-state index is 0.0630. The van der Waals surface area contributed by atoms with Crippen molar-refractivity contribution >= 4 is 17.5 Å². The van der Waals surface area contributed by atoms with E-state index < -0.39 is 0 Å². The second-order valence-electron chi connectivity index (χ2n) is 7.61. The zero-order chi connectivity index (χ0) is 19.7. The SMILES string of the molecule is CCc1ccc(C(=O)N2C3CCC2CC(Oc2ccc(C#N)c(Cl)c2)C3)cc1. The Bertz CT molecular complexity index is 905. The largest absolute Gasteiger partial charge is 0.490 e. The van der Waals surface area contributed by atoms with Crippen LogP contribution in [0, 0.1) is 11.3 Å². The van der Waals surface area contributed by atoms with Gasteiger partial charge in [-0.25, -0.2) is 0 Å². The smallest absolute Gasteiger partial charge is 0.254 e. The van der Waals surface area contributed by atoms with Gasteiger partial charge in [0.15, 0.2) is 0 Å². The van der Waals surface area contributed by atoms with Gasteiger partial charge in [0.25, 0.3) is 5.91 Å². The summed E-state index contributed by atoms with van der Waals surface area (Å²) in [5.41, 5.74) is 2.46. The van der Waals surface area contributed by atoms with E-state index in [1.165, 1.54) is 5.56 Å². The number of nitriles is 1. The maximum Gasteiger partial charge on any atom is 0.254 e. The van der Waals surface area contributed by atoms with Crippen molar-refractivity contribution in [3.05, 3.63) is 64.2 Å². The Morgan fingerprint density at radius 2 is 1.86 bits per heavy atom. The summed E-state index contributed by atoms with van der Waals surface area (Å²) >= 11 is 6.12. The number of hydrogen-bond donors (Lipinski definition) is 0. The number of nitrogens with zero attached hydrogens (tertiary/aromatic N) is 2.